The Kier molecular flexibility index (Phi) is 6.47. The molecule has 6 heteroatoms. The van der Waals surface area contributed by atoms with Crippen molar-refractivity contribution in [1.29, 1.82) is 0 Å². The maximum absolute atomic E-state index is 13.4. The minimum atomic E-state index is -0.0104. The Labute approximate surface area is 173 Å². The molecule has 1 saturated carbocycles. The second-order valence-corrected chi connectivity index (χ2v) is 8.35. The normalized spacial score (nSPS) is 17.4. The summed E-state index contributed by atoms with van der Waals surface area (Å²) in [6.45, 7) is 3.55. The number of amides is 2. The molecular weight excluding hydrogens is 362 g/mol. The Morgan fingerprint density at radius 2 is 1.90 bits per heavy atom. The van der Waals surface area contributed by atoms with Crippen LogP contribution in [0.25, 0.3) is 0 Å². The van der Waals surface area contributed by atoms with E-state index in [1.807, 2.05) is 17.0 Å². The average Bonchev–Trinajstić information content (AvgIpc) is 2.98. The molecule has 6 nitrogen and oxygen atoms in total. The molecule has 4 rings (SSSR count). The van der Waals surface area contributed by atoms with Crippen molar-refractivity contribution < 1.29 is 4.79 Å². The highest BCUT2D eigenvalue weighted by Crippen LogP contribution is 2.25. The van der Waals surface area contributed by atoms with Crippen molar-refractivity contribution in [3.63, 3.8) is 0 Å². The van der Waals surface area contributed by atoms with Crippen LogP contribution in [0.15, 0.2) is 24.3 Å². The summed E-state index contributed by atoms with van der Waals surface area (Å²) in [5, 5.41) is 12.2. The molecule has 1 aromatic carbocycles. The molecule has 1 aliphatic carbocycles. The number of hydrogen-bond donors (Lipinski definition) is 1. The molecule has 1 aromatic heterocycles. The number of carbonyl (C=O) groups is 1. The van der Waals surface area contributed by atoms with Gasteiger partial charge in [0.2, 0.25) is 0 Å². The van der Waals surface area contributed by atoms with Crippen LogP contribution in [0.4, 0.5) is 10.5 Å². The molecule has 2 aliphatic rings. The molecule has 2 heterocycles. The van der Waals surface area contributed by atoms with Gasteiger partial charge in [0.15, 0.2) is 5.82 Å². The third-order valence-corrected chi connectivity index (χ3v) is 6.33. The van der Waals surface area contributed by atoms with Crippen LogP contribution in [0.5, 0.6) is 0 Å². The van der Waals surface area contributed by atoms with Crippen molar-refractivity contribution in [3.8, 4) is 0 Å². The SMILES string of the molecule is CCc1ccccc1N(Cc1nnc2n1CCCCC2)C(=O)NC1CCCCC1. The summed E-state index contributed by atoms with van der Waals surface area (Å²) in [5.74, 6) is 1.96. The van der Waals surface area contributed by atoms with Crippen LogP contribution in [0.3, 0.4) is 0 Å². The molecule has 1 N–H and O–H groups in total. The number of hydrogen-bond acceptors (Lipinski definition) is 3. The van der Waals surface area contributed by atoms with Crippen molar-refractivity contribution >= 4 is 11.7 Å². The molecule has 29 heavy (non-hydrogen) atoms. The number of nitrogens with one attached hydrogen (secondary N) is 1. The van der Waals surface area contributed by atoms with E-state index in [0.29, 0.717) is 6.54 Å². The highest BCUT2D eigenvalue weighted by Gasteiger charge is 2.25. The van der Waals surface area contributed by atoms with E-state index < -0.39 is 0 Å². The van der Waals surface area contributed by atoms with Crippen LogP contribution in [-0.4, -0.2) is 26.8 Å². The topological polar surface area (TPSA) is 63.1 Å². The lowest BCUT2D eigenvalue weighted by molar-refractivity contribution is 0.237. The van der Waals surface area contributed by atoms with Crippen molar-refractivity contribution in [1.82, 2.24) is 20.1 Å². The van der Waals surface area contributed by atoms with Gasteiger partial charge in [0.1, 0.15) is 5.82 Å². The number of aryl methyl sites for hydroxylation is 2. The first-order valence-corrected chi connectivity index (χ1v) is 11.3. The fourth-order valence-corrected chi connectivity index (χ4v) is 4.64. The number of fused-ring (bicyclic) bond motifs is 1. The second kappa shape index (κ2) is 9.42. The summed E-state index contributed by atoms with van der Waals surface area (Å²) in [5.41, 5.74) is 2.16. The van der Waals surface area contributed by atoms with E-state index >= 15 is 0 Å². The number of para-hydroxylation sites is 1. The van der Waals surface area contributed by atoms with E-state index in [4.69, 9.17) is 0 Å². The van der Waals surface area contributed by atoms with Crippen molar-refractivity contribution in [2.45, 2.75) is 90.3 Å². The Bertz CT molecular complexity index is 824. The predicted molar refractivity (Wildman–Crippen MR) is 115 cm³/mol. The molecule has 0 saturated heterocycles. The van der Waals surface area contributed by atoms with Gasteiger partial charge in [-0.05, 0) is 43.7 Å². The van der Waals surface area contributed by atoms with Crippen molar-refractivity contribution in [3.05, 3.63) is 41.5 Å². The zero-order valence-corrected chi connectivity index (χ0v) is 17.6. The molecular formula is C23H33N5O. The lowest BCUT2D eigenvalue weighted by atomic mass is 9.96. The first-order valence-electron chi connectivity index (χ1n) is 11.3. The summed E-state index contributed by atoms with van der Waals surface area (Å²) in [6.07, 6.45) is 11.3. The zero-order valence-electron chi connectivity index (χ0n) is 17.6. The van der Waals surface area contributed by atoms with Crippen LogP contribution in [0.1, 0.15) is 75.5 Å². The highest BCUT2D eigenvalue weighted by molar-refractivity contribution is 5.92. The van der Waals surface area contributed by atoms with Gasteiger partial charge in [-0.2, -0.15) is 0 Å². The highest BCUT2D eigenvalue weighted by atomic mass is 16.2. The molecule has 1 fully saturated rings. The zero-order chi connectivity index (χ0) is 20.1. The molecule has 156 valence electrons. The quantitative estimate of drug-likeness (QED) is 0.804. The van der Waals surface area contributed by atoms with Crippen LogP contribution in [0, 0.1) is 0 Å². The minimum Gasteiger partial charge on any atom is -0.335 e. The maximum Gasteiger partial charge on any atom is 0.322 e. The minimum absolute atomic E-state index is 0.0104. The van der Waals surface area contributed by atoms with Gasteiger partial charge in [0, 0.05) is 24.7 Å². The first-order chi connectivity index (χ1) is 14.3. The number of benzene rings is 1. The van der Waals surface area contributed by atoms with Gasteiger partial charge in [0.25, 0.3) is 0 Å². The molecule has 0 atom stereocenters. The molecule has 0 bridgehead atoms. The predicted octanol–water partition coefficient (Wildman–Crippen LogP) is 4.62. The van der Waals surface area contributed by atoms with E-state index in [1.165, 1.54) is 37.7 Å². The lowest BCUT2D eigenvalue weighted by Crippen LogP contribution is -2.46. The van der Waals surface area contributed by atoms with Crippen molar-refractivity contribution in [2.24, 2.45) is 0 Å². The fraction of sp³-hybridized carbons (Fsp3) is 0.609. The Morgan fingerprint density at radius 3 is 2.72 bits per heavy atom. The number of urea groups is 1. The van der Waals surface area contributed by atoms with Crippen LogP contribution in [-0.2, 0) is 25.9 Å². The van der Waals surface area contributed by atoms with E-state index in [-0.39, 0.29) is 12.1 Å². The van der Waals surface area contributed by atoms with Gasteiger partial charge in [0.05, 0.1) is 6.54 Å². The first kappa shape index (κ1) is 19.9. The van der Waals surface area contributed by atoms with Gasteiger partial charge in [-0.3, -0.25) is 4.90 Å². The molecule has 0 unspecified atom stereocenters. The maximum atomic E-state index is 13.4. The second-order valence-electron chi connectivity index (χ2n) is 8.35. The van der Waals surface area contributed by atoms with Crippen LogP contribution in [0.2, 0.25) is 0 Å². The molecule has 2 amide bonds. The largest absolute Gasteiger partial charge is 0.335 e. The van der Waals surface area contributed by atoms with Gasteiger partial charge in [-0.1, -0.05) is 50.8 Å². The van der Waals surface area contributed by atoms with E-state index in [1.54, 1.807) is 0 Å². The third kappa shape index (κ3) is 4.62. The van der Waals surface area contributed by atoms with E-state index in [0.717, 1.165) is 56.0 Å². The van der Waals surface area contributed by atoms with Gasteiger partial charge < -0.3 is 9.88 Å². The summed E-state index contributed by atoms with van der Waals surface area (Å²) in [7, 11) is 0. The standard InChI is InChI=1S/C23H33N5O/c1-2-18-11-8-9-14-20(18)28(23(29)24-19-12-5-3-6-13-19)17-22-26-25-21-15-7-4-10-16-27(21)22/h8-9,11,14,19H,2-7,10,12-13,15-17H2,1H3,(H,24,29). The monoisotopic (exact) mass is 395 g/mol. The van der Waals surface area contributed by atoms with Crippen molar-refractivity contribution in [2.75, 3.05) is 4.90 Å². The summed E-state index contributed by atoms with van der Waals surface area (Å²) >= 11 is 0. The number of nitrogens with zero attached hydrogens (tertiary/aromatic N) is 4. The molecule has 0 radical (unpaired) electrons. The average molecular weight is 396 g/mol. The third-order valence-electron chi connectivity index (χ3n) is 6.33. The number of carbonyl (C=O) groups excluding carboxylic acids is 1. The summed E-state index contributed by atoms with van der Waals surface area (Å²) < 4.78 is 2.24. The molecule has 0 spiro atoms. The Balaban J connectivity index is 1.61. The molecule has 2 aromatic rings. The van der Waals surface area contributed by atoms with Crippen LogP contribution < -0.4 is 10.2 Å². The summed E-state index contributed by atoms with van der Waals surface area (Å²) in [6, 6.07) is 8.49. The Morgan fingerprint density at radius 1 is 1.10 bits per heavy atom. The molecule has 1 aliphatic heterocycles. The number of aromatic nitrogens is 3. The van der Waals surface area contributed by atoms with Gasteiger partial charge >= 0.3 is 6.03 Å². The fourth-order valence-electron chi connectivity index (χ4n) is 4.64. The van der Waals surface area contributed by atoms with E-state index in [2.05, 4.69) is 39.1 Å². The Hall–Kier alpha value is -2.37. The number of rotatable bonds is 5. The van der Waals surface area contributed by atoms with Gasteiger partial charge in [-0.15, -0.1) is 10.2 Å². The van der Waals surface area contributed by atoms with Gasteiger partial charge in [-0.25, -0.2) is 4.79 Å². The number of anilines is 1. The van der Waals surface area contributed by atoms with Crippen LogP contribution >= 0.6 is 0 Å². The van der Waals surface area contributed by atoms with E-state index in [9.17, 15) is 4.79 Å². The summed E-state index contributed by atoms with van der Waals surface area (Å²) in [4.78, 5) is 15.3. The smallest absolute Gasteiger partial charge is 0.322 e. The lowest BCUT2D eigenvalue weighted by Gasteiger charge is -2.29.